The van der Waals surface area contributed by atoms with Crippen LogP contribution in [0.1, 0.15) is 19.2 Å². The molecule has 8 nitrogen and oxygen atoms in total. The van der Waals surface area contributed by atoms with Crippen molar-refractivity contribution in [3.63, 3.8) is 0 Å². The fourth-order valence-corrected chi connectivity index (χ4v) is 2.55. The van der Waals surface area contributed by atoms with Crippen molar-refractivity contribution < 1.29 is 13.2 Å². The molecular weight excluding hydrogens is 330 g/mol. The maximum atomic E-state index is 12.0. The summed E-state index contributed by atoms with van der Waals surface area (Å²) in [6.07, 6.45) is 1.52. The van der Waals surface area contributed by atoms with Gasteiger partial charge in [-0.05, 0) is 20.9 Å². The summed E-state index contributed by atoms with van der Waals surface area (Å²) in [5, 5.41) is 5.67. The van der Waals surface area contributed by atoms with Crippen LogP contribution in [0.25, 0.3) is 0 Å². The van der Waals surface area contributed by atoms with Gasteiger partial charge in [-0.3, -0.25) is 4.79 Å². The van der Waals surface area contributed by atoms with Crippen molar-refractivity contribution in [3.05, 3.63) is 12.0 Å². The predicted octanol–water partition coefficient (Wildman–Crippen LogP) is -0.457. The van der Waals surface area contributed by atoms with E-state index in [4.69, 9.17) is 0 Å². The molecule has 1 heterocycles. The lowest BCUT2D eigenvalue weighted by Crippen LogP contribution is -2.38. The average Bonchev–Trinajstić information content (AvgIpc) is 2.76. The number of imidazole rings is 1. The number of likely N-dealkylation sites (N-methyl/N-ethyl adjacent to an activating group) is 1. The van der Waals surface area contributed by atoms with Gasteiger partial charge >= 0.3 is 0 Å². The summed E-state index contributed by atoms with van der Waals surface area (Å²) < 4.78 is 27.9. The van der Waals surface area contributed by atoms with Crippen LogP contribution in [0.15, 0.2) is 11.2 Å². The van der Waals surface area contributed by atoms with E-state index in [1.54, 1.807) is 25.6 Å². The van der Waals surface area contributed by atoms with Gasteiger partial charge in [0.15, 0.2) is 5.03 Å². The highest BCUT2D eigenvalue weighted by atomic mass is 35.5. The number of nitrogens with zero attached hydrogens (tertiary/aromatic N) is 2. The summed E-state index contributed by atoms with van der Waals surface area (Å²) in [5.41, 5.74) is 0. The van der Waals surface area contributed by atoms with Crippen molar-refractivity contribution in [3.8, 4) is 0 Å². The van der Waals surface area contributed by atoms with Crippen LogP contribution in [-0.4, -0.2) is 50.1 Å². The summed E-state index contributed by atoms with van der Waals surface area (Å²) in [6.45, 7) is 4.20. The number of sulfonamides is 1. The molecule has 1 amide bonds. The Morgan fingerprint density at radius 1 is 1.45 bits per heavy atom. The molecule has 0 aliphatic carbocycles. The first-order chi connectivity index (χ1) is 9.76. The molecule has 10 heteroatoms. The third kappa shape index (κ3) is 6.30. The number of hydrogen-bond donors (Lipinski definition) is 3. The smallest absolute Gasteiger partial charge is 0.259 e. The van der Waals surface area contributed by atoms with E-state index in [0.717, 1.165) is 0 Å². The van der Waals surface area contributed by atoms with Crippen LogP contribution in [0.4, 0.5) is 0 Å². The molecule has 1 aromatic heterocycles. The van der Waals surface area contributed by atoms with Crippen LogP contribution >= 0.6 is 12.4 Å². The summed E-state index contributed by atoms with van der Waals surface area (Å²) in [7, 11) is -0.143. The second kappa shape index (κ2) is 9.09. The highest BCUT2D eigenvalue weighted by Gasteiger charge is 2.18. The lowest BCUT2D eigenvalue weighted by molar-refractivity contribution is -0.121. The molecule has 22 heavy (non-hydrogen) atoms. The molecule has 1 aromatic rings. The normalized spacial score (nSPS) is 12.5. The SMILES string of the molecule is CNC(C)CNC(=O)CCNS(=O)(=O)c1cn(C)c(C)n1.Cl. The molecule has 1 atom stereocenters. The molecule has 0 aliphatic heterocycles. The first-order valence-electron chi connectivity index (χ1n) is 6.70. The number of carbonyl (C=O) groups excluding carboxylic acids is 1. The lowest BCUT2D eigenvalue weighted by atomic mass is 10.3. The number of nitrogens with one attached hydrogen (secondary N) is 3. The number of amides is 1. The molecule has 0 aliphatic rings. The molecule has 0 radical (unpaired) electrons. The third-order valence-electron chi connectivity index (χ3n) is 3.10. The Morgan fingerprint density at radius 3 is 2.59 bits per heavy atom. The van der Waals surface area contributed by atoms with Crippen molar-refractivity contribution in [1.29, 1.82) is 0 Å². The van der Waals surface area contributed by atoms with Crippen LogP contribution in [0.3, 0.4) is 0 Å². The van der Waals surface area contributed by atoms with E-state index in [9.17, 15) is 13.2 Å². The van der Waals surface area contributed by atoms with Gasteiger partial charge in [0.05, 0.1) is 0 Å². The zero-order chi connectivity index (χ0) is 16.0. The fourth-order valence-electron chi connectivity index (χ4n) is 1.49. The van der Waals surface area contributed by atoms with Crippen molar-refractivity contribution in [1.82, 2.24) is 24.9 Å². The summed E-state index contributed by atoms with van der Waals surface area (Å²) in [4.78, 5) is 15.5. The molecule has 0 spiro atoms. The molecule has 3 N–H and O–H groups in total. The number of carbonyl (C=O) groups is 1. The number of rotatable bonds is 8. The largest absolute Gasteiger partial charge is 0.355 e. The number of aromatic nitrogens is 2. The second-order valence-electron chi connectivity index (χ2n) is 4.88. The Morgan fingerprint density at radius 2 is 2.09 bits per heavy atom. The molecule has 128 valence electrons. The summed E-state index contributed by atoms with van der Waals surface area (Å²) in [6, 6.07) is 0.169. The van der Waals surface area contributed by atoms with Gasteiger partial charge < -0.3 is 15.2 Å². The van der Waals surface area contributed by atoms with Gasteiger partial charge in [-0.15, -0.1) is 12.4 Å². The van der Waals surface area contributed by atoms with Gasteiger partial charge in [-0.2, -0.15) is 0 Å². The minimum absolute atomic E-state index is 0. The van der Waals surface area contributed by atoms with E-state index in [2.05, 4.69) is 20.3 Å². The van der Waals surface area contributed by atoms with Gasteiger partial charge in [0.1, 0.15) is 5.82 Å². The highest BCUT2D eigenvalue weighted by Crippen LogP contribution is 2.07. The number of aryl methyl sites for hydroxylation is 2. The predicted molar refractivity (Wildman–Crippen MR) is 86.5 cm³/mol. The summed E-state index contributed by atoms with van der Waals surface area (Å²) in [5.74, 6) is 0.408. The molecule has 0 aromatic carbocycles. The highest BCUT2D eigenvalue weighted by molar-refractivity contribution is 7.89. The van der Waals surface area contributed by atoms with E-state index >= 15 is 0 Å². The van der Waals surface area contributed by atoms with E-state index in [1.807, 2.05) is 6.92 Å². The van der Waals surface area contributed by atoms with E-state index in [1.165, 1.54) is 6.20 Å². The van der Waals surface area contributed by atoms with Crippen LogP contribution in [0, 0.1) is 6.92 Å². The lowest BCUT2D eigenvalue weighted by Gasteiger charge is -2.11. The quantitative estimate of drug-likeness (QED) is 0.586. The molecule has 0 saturated heterocycles. The van der Waals surface area contributed by atoms with E-state index < -0.39 is 10.0 Å². The van der Waals surface area contributed by atoms with Crippen LogP contribution in [0.2, 0.25) is 0 Å². The zero-order valence-corrected chi connectivity index (χ0v) is 14.8. The average molecular weight is 354 g/mol. The molecule has 1 rings (SSSR count). The Labute approximate surface area is 137 Å². The van der Waals surface area contributed by atoms with E-state index in [-0.39, 0.29) is 42.3 Å². The minimum atomic E-state index is -3.67. The topological polar surface area (TPSA) is 105 Å². The van der Waals surface area contributed by atoms with Gasteiger partial charge in [0, 0.05) is 38.8 Å². The van der Waals surface area contributed by atoms with Gasteiger partial charge in [-0.25, -0.2) is 18.1 Å². The molecule has 0 saturated carbocycles. The Balaban J connectivity index is 0.00000441. The van der Waals surface area contributed by atoms with Crippen LogP contribution < -0.4 is 15.4 Å². The van der Waals surface area contributed by atoms with Crippen LogP contribution in [0.5, 0.6) is 0 Å². The summed E-state index contributed by atoms with van der Waals surface area (Å²) >= 11 is 0. The van der Waals surface area contributed by atoms with Gasteiger partial charge in [0.2, 0.25) is 5.91 Å². The maximum Gasteiger partial charge on any atom is 0.259 e. The van der Waals surface area contributed by atoms with Crippen LogP contribution in [-0.2, 0) is 21.9 Å². The molecule has 0 bridgehead atoms. The van der Waals surface area contributed by atoms with Crippen molar-refractivity contribution in [2.45, 2.75) is 31.3 Å². The maximum absolute atomic E-state index is 12.0. The first kappa shape index (κ1) is 20.8. The molecular formula is C12H24ClN5O3S. The van der Waals surface area contributed by atoms with Crippen molar-refractivity contribution in [2.24, 2.45) is 7.05 Å². The fraction of sp³-hybridized carbons (Fsp3) is 0.667. The van der Waals surface area contributed by atoms with Crippen molar-refractivity contribution in [2.75, 3.05) is 20.1 Å². The van der Waals surface area contributed by atoms with E-state index in [0.29, 0.717) is 12.4 Å². The van der Waals surface area contributed by atoms with Gasteiger partial charge in [0.25, 0.3) is 10.0 Å². The standard InChI is InChI=1S/C12H23N5O3S.ClH/c1-9(13-3)7-14-11(18)5-6-15-21(19,20)12-8-17(4)10(2)16-12;/h8-9,13,15H,5-7H2,1-4H3,(H,14,18);1H. The Bertz CT molecular complexity index is 568. The van der Waals surface area contributed by atoms with Gasteiger partial charge in [-0.1, -0.05) is 0 Å². The first-order valence-corrected chi connectivity index (χ1v) is 8.18. The Hall–Kier alpha value is -1.16. The number of halogens is 1. The van der Waals surface area contributed by atoms with Crippen molar-refractivity contribution >= 4 is 28.3 Å². The zero-order valence-electron chi connectivity index (χ0n) is 13.2. The number of hydrogen-bond acceptors (Lipinski definition) is 5. The molecule has 1 unspecified atom stereocenters. The Kier molecular flexibility index (Phi) is 8.61. The monoisotopic (exact) mass is 353 g/mol. The third-order valence-corrected chi connectivity index (χ3v) is 4.44. The minimum Gasteiger partial charge on any atom is -0.355 e. The molecule has 0 fully saturated rings. The second-order valence-corrected chi connectivity index (χ2v) is 6.59.